The Labute approximate surface area is 249 Å². The Morgan fingerprint density at radius 3 is 2.28 bits per heavy atom. The molecule has 2 aromatic carbocycles. The Morgan fingerprint density at radius 2 is 1.70 bits per heavy atom. The van der Waals surface area contributed by atoms with Crippen LogP contribution in [-0.4, -0.2) is 73.8 Å². The third-order valence-corrected chi connectivity index (χ3v) is 8.80. The van der Waals surface area contributed by atoms with E-state index in [9.17, 15) is 26.8 Å². The van der Waals surface area contributed by atoms with E-state index in [1.54, 1.807) is 34.0 Å². The van der Waals surface area contributed by atoms with E-state index in [0.29, 0.717) is 17.0 Å². The molecule has 0 radical (unpaired) electrons. The number of esters is 1. The van der Waals surface area contributed by atoms with Crippen LogP contribution in [-0.2, 0) is 36.4 Å². The van der Waals surface area contributed by atoms with Gasteiger partial charge in [-0.25, -0.2) is 17.2 Å². The molecule has 3 aromatic rings. The van der Waals surface area contributed by atoms with Crippen LogP contribution in [0.1, 0.15) is 25.1 Å². The van der Waals surface area contributed by atoms with Crippen molar-refractivity contribution in [2.24, 2.45) is 11.7 Å². The molecular formula is C30H34F2N4O6S. The van der Waals surface area contributed by atoms with Crippen LogP contribution in [0.2, 0.25) is 0 Å². The number of ether oxygens (including phenoxy) is 2. The molecule has 13 heteroatoms. The molecule has 10 nitrogen and oxygen atoms in total. The molecule has 0 unspecified atom stereocenters. The van der Waals surface area contributed by atoms with Crippen LogP contribution in [0.3, 0.4) is 0 Å². The zero-order chi connectivity index (χ0) is 31.5. The van der Waals surface area contributed by atoms with Crippen molar-refractivity contribution >= 4 is 21.9 Å². The lowest BCUT2D eigenvalue weighted by Gasteiger charge is -2.48. The number of rotatable bonds is 11. The van der Waals surface area contributed by atoms with Gasteiger partial charge in [0.15, 0.2) is 11.7 Å². The van der Waals surface area contributed by atoms with Gasteiger partial charge in [0.1, 0.15) is 23.4 Å². The van der Waals surface area contributed by atoms with Gasteiger partial charge in [0.05, 0.1) is 29.9 Å². The van der Waals surface area contributed by atoms with Gasteiger partial charge in [-0.15, -0.1) is 0 Å². The van der Waals surface area contributed by atoms with Crippen molar-refractivity contribution in [1.29, 1.82) is 0 Å². The number of aromatic nitrogens is 1. The van der Waals surface area contributed by atoms with Gasteiger partial charge < -0.3 is 20.1 Å². The van der Waals surface area contributed by atoms with Crippen LogP contribution in [0.5, 0.6) is 5.75 Å². The SMILES string of the molecule is CC(C)[C@@H](OC(=O)[C@@H](N)Cc1cccc(S(=O)(=O)N2CC(Oc3ccc(F)cc3)(c3ccc(F)cn3)C2)c1)C(=O)N(C)C. The van der Waals surface area contributed by atoms with Crippen molar-refractivity contribution < 1.29 is 36.3 Å². The van der Waals surface area contributed by atoms with Crippen molar-refractivity contribution in [3.05, 3.63) is 89.8 Å². The summed E-state index contributed by atoms with van der Waals surface area (Å²) in [7, 11) is -0.913. The molecule has 2 N–H and O–H groups in total. The average molecular weight is 617 g/mol. The van der Waals surface area contributed by atoms with Crippen LogP contribution in [0.15, 0.2) is 71.8 Å². The predicted molar refractivity (Wildman–Crippen MR) is 153 cm³/mol. The highest BCUT2D eigenvalue weighted by molar-refractivity contribution is 7.89. The smallest absolute Gasteiger partial charge is 0.324 e. The number of hydrogen-bond acceptors (Lipinski definition) is 8. The van der Waals surface area contributed by atoms with Crippen molar-refractivity contribution in [2.45, 2.75) is 42.9 Å². The Hall–Kier alpha value is -3.94. The summed E-state index contributed by atoms with van der Waals surface area (Å²) < 4.78 is 66.9. The standard InChI is InChI=1S/C30H34F2N4O6S/c1-19(2)27(28(37)35(3)4)41-29(38)25(33)15-20-6-5-7-24(14-20)43(39,40)36-17-30(18-36,26-13-10-22(32)16-34-26)42-23-11-8-21(31)9-12-23/h5-14,16,19,25,27H,15,17-18,33H2,1-4H3/t25-,27+/m0/s1. The fourth-order valence-corrected chi connectivity index (χ4v) is 6.21. The lowest BCUT2D eigenvalue weighted by molar-refractivity contribution is -0.163. The molecule has 1 saturated heterocycles. The maximum absolute atomic E-state index is 13.6. The molecular weight excluding hydrogens is 582 g/mol. The lowest BCUT2D eigenvalue weighted by Crippen LogP contribution is -2.64. The summed E-state index contributed by atoms with van der Waals surface area (Å²) in [5.41, 5.74) is 5.64. The normalized spacial score (nSPS) is 16.2. The van der Waals surface area contributed by atoms with Gasteiger partial charge in [0, 0.05) is 14.1 Å². The first kappa shape index (κ1) is 32.0. The second-order valence-electron chi connectivity index (χ2n) is 11.0. The largest absolute Gasteiger partial charge is 0.478 e. The number of pyridine rings is 1. The monoisotopic (exact) mass is 616 g/mol. The maximum Gasteiger partial charge on any atom is 0.324 e. The zero-order valence-corrected chi connectivity index (χ0v) is 25.1. The molecule has 1 amide bonds. The number of sulfonamides is 1. The fourth-order valence-electron chi connectivity index (χ4n) is 4.60. The summed E-state index contributed by atoms with van der Waals surface area (Å²) in [6.45, 7) is 3.22. The maximum atomic E-state index is 13.6. The van der Waals surface area contributed by atoms with Crippen LogP contribution < -0.4 is 10.5 Å². The van der Waals surface area contributed by atoms with E-state index >= 15 is 0 Å². The minimum atomic E-state index is -4.03. The highest BCUT2D eigenvalue weighted by Gasteiger charge is 2.53. The Morgan fingerprint density at radius 1 is 1.05 bits per heavy atom. The van der Waals surface area contributed by atoms with Crippen LogP contribution in [0.4, 0.5) is 8.78 Å². The number of carbonyl (C=O) groups excluding carboxylic acids is 2. The van der Waals surface area contributed by atoms with Crippen LogP contribution >= 0.6 is 0 Å². The molecule has 0 spiro atoms. The molecule has 1 fully saturated rings. The first-order valence-corrected chi connectivity index (χ1v) is 15.0. The molecule has 43 heavy (non-hydrogen) atoms. The molecule has 1 aliphatic heterocycles. The summed E-state index contributed by atoms with van der Waals surface area (Å²) in [6.07, 6.45) is -0.0141. The van der Waals surface area contributed by atoms with Gasteiger partial charge in [-0.05, 0) is 66.4 Å². The van der Waals surface area contributed by atoms with E-state index in [4.69, 9.17) is 15.2 Å². The Bertz CT molecular complexity index is 1560. The van der Waals surface area contributed by atoms with Crippen molar-refractivity contribution in [1.82, 2.24) is 14.2 Å². The first-order valence-electron chi connectivity index (χ1n) is 13.5. The average Bonchev–Trinajstić information content (AvgIpc) is 2.94. The molecule has 0 bridgehead atoms. The Kier molecular flexibility index (Phi) is 9.47. The minimum absolute atomic E-state index is 0.0275. The molecule has 0 aliphatic carbocycles. The van der Waals surface area contributed by atoms with E-state index in [1.165, 1.54) is 63.8 Å². The molecule has 0 saturated carbocycles. The number of likely N-dealkylation sites (N-methyl/N-ethyl adjacent to an activating group) is 1. The molecule has 4 rings (SSSR count). The number of halogens is 2. The molecule has 2 atom stereocenters. The van der Waals surface area contributed by atoms with Gasteiger partial charge in [0.2, 0.25) is 10.0 Å². The van der Waals surface area contributed by atoms with Crippen LogP contribution in [0, 0.1) is 17.6 Å². The highest BCUT2D eigenvalue weighted by Crippen LogP contribution is 2.39. The topological polar surface area (TPSA) is 132 Å². The van der Waals surface area contributed by atoms with Gasteiger partial charge in [0.25, 0.3) is 5.91 Å². The number of nitrogens with two attached hydrogens (primary N) is 1. The van der Waals surface area contributed by atoms with Crippen molar-refractivity contribution in [2.75, 3.05) is 27.2 Å². The van der Waals surface area contributed by atoms with Crippen molar-refractivity contribution in [3.63, 3.8) is 0 Å². The first-order chi connectivity index (χ1) is 20.2. The fraction of sp³-hybridized carbons (Fsp3) is 0.367. The van der Waals surface area contributed by atoms with E-state index in [1.807, 2.05) is 0 Å². The summed E-state index contributed by atoms with van der Waals surface area (Å²) in [5, 5.41) is 0. The second kappa shape index (κ2) is 12.7. The minimum Gasteiger partial charge on any atom is -0.478 e. The van der Waals surface area contributed by atoms with E-state index in [-0.39, 0.29) is 36.2 Å². The predicted octanol–water partition coefficient (Wildman–Crippen LogP) is 2.86. The molecule has 1 aliphatic rings. The lowest BCUT2D eigenvalue weighted by atomic mass is 9.91. The van der Waals surface area contributed by atoms with Gasteiger partial charge in [-0.1, -0.05) is 26.0 Å². The summed E-state index contributed by atoms with van der Waals surface area (Å²) >= 11 is 0. The number of hydrogen-bond donors (Lipinski definition) is 1. The summed E-state index contributed by atoms with van der Waals surface area (Å²) in [4.78, 5) is 30.5. The number of nitrogens with zero attached hydrogens (tertiary/aromatic N) is 3. The number of benzene rings is 2. The zero-order valence-electron chi connectivity index (χ0n) is 24.2. The molecule has 230 valence electrons. The third kappa shape index (κ3) is 7.17. The van der Waals surface area contributed by atoms with E-state index < -0.39 is 45.4 Å². The number of carbonyl (C=O) groups is 2. The highest BCUT2D eigenvalue weighted by atomic mass is 32.2. The third-order valence-electron chi connectivity index (χ3n) is 7.01. The quantitative estimate of drug-likeness (QED) is 0.326. The summed E-state index contributed by atoms with van der Waals surface area (Å²) in [5.74, 6) is -2.16. The molecule has 2 heterocycles. The van der Waals surface area contributed by atoms with Crippen LogP contribution in [0.25, 0.3) is 0 Å². The van der Waals surface area contributed by atoms with E-state index in [0.717, 1.165) is 6.20 Å². The second-order valence-corrected chi connectivity index (χ2v) is 12.9. The summed E-state index contributed by atoms with van der Waals surface area (Å²) in [6, 6.07) is 12.7. The van der Waals surface area contributed by atoms with Gasteiger partial charge >= 0.3 is 5.97 Å². The van der Waals surface area contributed by atoms with Gasteiger partial charge in [-0.3, -0.25) is 14.6 Å². The van der Waals surface area contributed by atoms with Crippen molar-refractivity contribution in [3.8, 4) is 5.75 Å². The Balaban J connectivity index is 1.50. The number of amides is 1. The molecule has 1 aromatic heterocycles. The van der Waals surface area contributed by atoms with Gasteiger partial charge in [-0.2, -0.15) is 4.31 Å². The van der Waals surface area contributed by atoms with E-state index in [2.05, 4.69) is 4.98 Å².